The number of hydrogen-bond acceptors (Lipinski definition) is 11. The van der Waals surface area contributed by atoms with Gasteiger partial charge in [0.05, 0.1) is 18.0 Å². The molecule has 0 fully saturated rings. The Morgan fingerprint density at radius 1 is 0.792 bits per heavy atom. The molecule has 0 aromatic heterocycles. The molecule has 0 saturated heterocycles. The molecule has 14 nitrogen and oxygen atoms in total. The molecule has 53 heavy (non-hydrogen) atoms. The normalized spacial score (nSPS) is 12.8. The predicted octanol–water partition coefficient (Wildman–Crippen LogP) is 3.84. The third-order valence-corrected chi connectivity index (χ3v) is 10.2. The van der Waals surface area contributed by atoms with Gasteiger partial charge in [0, 0.05) is 6.42 Å². The molecule has 15 heteroatoms. The maximum Gasteiger partial charge on any atom is 0.424 e. The summed E-state index contributed by atoms with van der Waals surface area (Å²) in [4.78, 5) is 68.8. The largest absolute Gasteiger partial charge is 0.452 e. The Kier molecular flexibility index (Phi) is 17.1. The van der Waals surface area contributed by atoms with Crippen LogP contribution in [0.15, 0.2) is 89.8 Å². The van der Waals surface area contributed by atoms with Crippen LogP contribution in [0.25, 0.3) is 0 Å². The number of nitrogens with two attached hydrogens (primary N) is 2. The van der Waals surface area contributed by atoms with Crippen molar-refractivity contribution in [3.8, 4) is 0 Å². The summed E-state index contributed by atoms with van der Waals surface area (Å²) in [5, 5.41) is 2.62. The molecule has 3 atom stereocenters. The number of unbranched alkanes of at least 4 members (excludes halogenated alkanes) is 2. The van der Waals surface area contributed by atoms with Crippen LogP contribution in [0.5, 0.6) is 0 Å². The number of aldehydes is 1. The van der Waals surface area contributed by atoms with Gasteiger partial charge in [0.2, 0.25) is 5.91 Å². The van der Waals surface area contributed by atoms with Crippen molar-refractivity contribution in [2.45, 2.75) is 81.5 Å². The number of methoxy groups -OCH3 is 1. The Morgan fingerprint density at radius 2 is 1.36 bits per heavy atom. The highest BCUT2D eigenvalue weighted by atomic mass is 32.2. The lowest BCUT2D eigenvalue weighted by molar-refractivity contribution is -0.139. The third-order valence-electron chi connectivity index (χ3n) is 8.43. The maximum absolute atomic E-state index is 14.5. The van der Waals surface area contributed by atoms with Crippen molar-refractivity contribution in [3.05, 3.63) is 102 Å². The first kappa shape index (κ1) is 42.3. The van der Waals surface area contributed by atoms with Gasteiger partial charge in [-0.3, -0.25) is 9.59 Å². The van der Waals surface area contributed by atoms with Crippen LogP contribution in [0.1, 0.15) is 55.2 Å². The third kappa shape index (κ3) is 12.2. The number of rotatable bonds is 20. The highest BCUT2D eigenvalue weighted by Crippen LogP contribution is 2.24. The number of nitrogens with zero attached hydrogens (tertiary/aromatic N) is 2. The van der Waals surface area contributed by atoms with E-state index in [9.17, 15) is 32.4 Å². The zero-order valence-electron chi connectivity index (χ0n) is 30.1. The number of aryl methyl sites for hydroxylation is 1. The molecule has 3 aromatic rings. The van der Waals surface area contributed by atoms with Gasteiger partial charge in [0.1, 0.15) is 25.0 Å². The fourth-order valence-electron chi connectivity index (χ4n) is 5.56. The van der Waals surface area contributed by atoms with Crippen molar-refractivity contribution in [2.75, 3.05) is 20.2 Å². The molecule has 0 heterocycles. The van der Waals surface area contributed by atoms with Crippen LogP contribution < -0.4 is 16.8 Å². The Balaban J connectivity index is 2.09. The molecule has 5 N–H and O–H groups in total. The van der Waals surface area contributed by atoms with Crippen LogP contribution in [-0.2, 0) is 46.9 Å². The number of imide groups is 1. The van der Waals surface area contributed by atoms with E-state index in [2.05, 4.69) is 5.32 Å². The minimum atomic E-state index is -4.68. The predicted molar refractivity (Wildman–Crippen MR) is 198 cm³/mol. The molecule has 0 aliphatic carbocycles. The van der Waals surface area contributed by atoms with E-state index >= 15 is 0 Å². The number of sulfonamides is 1. The van der Waals surface area contributed by atoms with E-state index < -0.39 is 52.1 Å². The summed E-state index contributed by atoms with van der Waals surface area (Å²) in [7, 11) is -3.69. The Bertz CT molecular complexity index is 1740. The first-order valence-electron chi connectivity index (χ1n) is 17.4. The van der Waals surface area contributed by atoms with E-state index in [4.69, 9.17) is 20.9 Å². The molecular formula is C38H49N5O9S. The Morgan fingerprint density at radius 3 is 1.91 bits per heavy atom. The van der Waals surface area contributed by atoms with E-state index in [1.54, 1.807) is 79.7 Å². The zero-order valence-corrected chi connectivity index (χ0v) is 30.9. The molecule has 4 amide bonds. The lowest BCUT2D eigenvalue weighted by Crippen LogP contribution is -2.59. The Hall–Kier alpha value is -5.12. The van der Waals surface area contributed by atoms with E-state index in [1.165, 1.54) is 12.1 Å². The molecule has 0 radical (unpaired) electrons. The lowest BCUT2D eigenvalue weighted by Gasteiger charge is -2.33. The van der Waals surface area contributed by atoms with Crippen molar-refractivity contribution >= 4 is 40.3 Å². The fraction of sp³-hybridized carbons (Fsp3) is 0.395. The number of hydrogen-bond donors (Lipinski definition) is 3. The fourth-order valence-corrected chi connectivity index (χ4v) is 7.08. The number of carbonyl (C=O) groups is 5. The van der Waals surface area contributed by atoms with Crippen LogP contribution in [0.4, 0.5) is 9.59 Å². The summed E-state index contributed by atoms with van der Waals surface area (Å²) in [5.41, 5.74) is 13.3. The van der Waals surface area contributed by atoms with Gasteiger partial charge in [-0.2, -0.15) is 4.31 Å². The van der Waals surface area contributed by atoms with E-state index in [0.717, 1.165) is 12.7 Å². The van der Waals surface area contributed by atoms with Crippen LogP contribution in [0.3, 0.4) is 0 Å². The summed E-state index contributed by atoms with van der Waals surface area (Å²) in [6.07, 6.45) is -0.707. The number of carbonyl (C=O) groups excluding carboxylic acids is 5. The SMILES string of the molecule is COC(=O)N([C@H](CCCCN)C(=O)N[C@@H](Cc1ccccc1)C(=O)N(C(=O)OCc1ccccc1)[C@H](C=O)CCCCN)S(=O)(=O)c1ccc(C)cc1. The summed E-state index contributed by atoms with van der Waals surface area (Å²) in [5.74, 6) is -1.99. The summed E-state index contributed by atoms with van der Waals surface area (Å²) >= 11 is 0. The van der Waals surface area contributed by atoms with Crippen LogP contribution in [0.2, 0.25) is 0 Å². The summed E-state index contributed by atoms with van der Waals surface area (Å²) in [6.45, 7) is 2.10. The molecule has 0 unspecified atom stereocenters. The summed E-state index contributed by atoms with van der Waals surface area (Å²) in [6, 6.07) is 18.5. The summed E-state index contributed by atoms with van der Waals surface area (Å²) < 4.78 is 38.8. The molecule has 3 rings (SSSR count). The standard InChI is InChI=1S/C38H49N5O9S/c1-28-19-21-32(22-20-28)53(49,50)43(38(48)51-2)34(18-10-12-24-40)35(45)41-33(25-29-13-5-3-6-14-29)36(46)42(31(26-44)17-9-11-23-39)37(47)52-27-30-15-7-4-8-16-30/h3-8,13-16,19-22,26,31,33-34H,9-12,17-18,23-25,27,39-40H2,1-2H3,(H,41,45)/t31-,33-,34+/m0/s1. The molecule has 0 aliphatic rings. The lowest BCUT2D eigenvalue weighted by atomic mass is 10.0. The van der Waals surface area contributed by atoms with Crippen molar-refractivity contribution in [1.82, 2.24) is 14.5 Å². The minimum absolute atomic E-state index is 0.0749. The zero-order chi connectivity index (χ0) is 38.8. The van der Waals surface area contributed by atoms with Crippen LogP contribution >= 0.6 is 0 Å². The van der Waals surface area contributed by atoms with Gasteiger partial charge in [-0.1, -0.05) is 78.4 Å². The average Bonchev–Trinajstić information content (AvgIpc) is 3.16. The second-order valence-electron chi connectivity index (χ2n) is 12.4. The molecule has 0 saturated carbocycles. The van der Waals surface area contributed by atoms with E-state index in [1.807, 2.05) is 0 Å². The van der Waals surface area contributed by atoms with Gasteiger partial charge < -0.3 is 31.1 Å². The molecule has 3 aromatic carbocycles. The number of nitrogens with one attached hydrogen (secondary N) is 1. The van der Waals surface area contributed by atoms with Crippen molar-refractivity contribution in [3.63, 3.8) is 0 Å². The molecule has 286 valence electrons. The second kappa shape index (κ2) is 21.4. The van der Waals surface area contributed by atoms with Gasteiger partial charge in [-0.15, -0.1) is 0 Å². The van der Waals surface area contributed by atoms with Crippen molar-refractivity contribution < 1.29 is 41.9 Å². The quantitative estimate of drug-likeness (QED) is 0.112. The first-order valence-corrected chi connectivity index (χ1v) is 18.8. The van der Waals surface area contributed by atoms with Crippen molar-refractivity contribution in [2.24, 2.45) is 11.5 Å². The number of benzene rings is 3. The second-order valence-corrected chi connectivity index (χ2v) is 14.2. The highest BCUT2D eigenvalue weighted by molar-refractivity contribution is 7.89. The molecule has 0 aliphatic heterocycles. The van der Waals surface area contributed by atoms with Gasteiger partial charge in [-0.25, -0.2) is 22.9 Å². The van der Waals surface area contributed by atoms with Gasteiger partial charge >= 0.3 is 12.2 Å². The first-order chi connectivity index (χ1) is 25.5. The van der Waals surface area contributed by atoms with Gasteiger partial charge in [-0.05, 0) is 81.8 Å². The minimum Gasteiger partial charge on any atom is -0.452 e. The molecule has 0 bridgehead atoms. The van der Waals surface area contributed by atoms with Gasteiger partial charge in [0.25, 0.3) is 15.9 Å². The van der Waals surface area contributed by atoms with E-state index in [0.29, 0.717) is 52.4 Å². The topological polar surface area (TPSA) is 208 Å². The number of ether oxygens (including phenoxy) is 2. The van der Waals surface area contributed by atoms with Crippen LogP contribution in [-0.4, -0.2) is 86.2 Å². The molecular weight excluding hydrogens is 703 g/mol. The van der Waals surface area contributed by atoms with Crippen LogP contribution in [0, 0.1) is 6.92 Å². The number of amides is 4. The average molecular weight is 752 g/mol. The van der Waals surface area contributed by atoms with Crippen molar-refractivity contribution in [1.29, 1.82) is 0 Å². The maximum atomic E-state index is 14.5. The smallest absolute Gasteiger partial charge is 0.424 e. The Labute approximate surface area is 310 Å². The monoisotopic (exact) mass is 751 g/mol. The van der Waals surface area contributed by atoms with E-state index in [-0.39, 0.29) is 43.7 Å². The van der Waals surface area contributed by atoms with Gasteiger partial charge in [0.15, 0.2) is 0 Å². The molecule has 0 spiro atoms. The highest BCUT2D eigenvalue weighted by Gasteiger charge is 2.43.